The molecule has 0 aliphatic carbocycles. The molecule has 1 N–H and O–H groups in total. The summed E-state index contributed by atoms with van der Waals surface area (Å²) in [6.07, 6.45) is 1.42. The zero-order valence-corrected chi connectivity index (χ0v) is 18.0. The van der Waals surface area contributed by atoms with Crippen molar-refractivity contribution >= 4 is 34.0 Å². The summed E-state index contributed by atoms with van der Waals surface area (Å²) in [5, 5.41) is 4.00. The second kappa shape index (κ2) is 9.84. The number of ether oxygens (including phenoxy) is 2. The van der Waals surface area contributed by atoms with Gasteiger partial charge in [-0.15, -0.1) is 0 Å². The maximum Gasteiger partial charge on any atom is 0.343 e. The topological polar surface area (TPSA) is 77.0 Å². The molecule has 0 saturated heterocycles. The molecule has 0 spiro atoms. The van der Waals surface area contributed by atoms with Crippen molar-refractivity contribution in [1.82, 2.24) is 5.43 Å². The van der Waals surface area contributed by atoms with Gasteiger partial charge in [-0.05, 0) is 55.0 Å². The third kappa shape index (κ3) is 5.33. The third-order valence-corrected chi connectivity index (χ3v) is 4.73. The Labute approximate surface area is 182 Å². The largest absolute Gasteiger partial charge is 0.497 e. The molecule has 0 atom stereocenters. The van der Waals surface area contributed by atoms with Crippen molar-refractivity contribution in [3.05, 3.63) is 93.5 Å². The van der Waals surface area contributed by atoms with Gasteiger partial charge >= 0.3 is 5.97 Å². The maximum absolute atomic E-state index is 12.5. The number of aryl methyl sites for hydroxylation is 1. The molecule has 0 aliphatic heterocycles. The molecule has 7 heteroatoms. The number of carbonyl (C=O) groups is 2. The van der Waals surface area contributed by atoms with E-state index in [1.807, 2.05) is 19.1 Å². The fraction of sp³-hybridized carbons (Fsp3) is 0.0870. The lowest BCUT2D eigenvalue weighted by Crippen LogP contribution is -2.17. The van der Waals surface area contributed by atoms with Gasteiger partial charge in [-0.2, -0.15) is 5.10 Å². The summed E-state index contributed by atoms with van der Waals surface area (Å²) >= 11 is 3.39. The van der Waals surface area contributed by atoms with Crippen LogP contribution in [0.5, 0.6) is 11.5 Å². The molecule has 0 heterocycles. The zero-order valence-electron chi connectivity index (χ0n) is 16.4. The van der Waals surface area contributed by atoms with Crippen LogP contribution in [0.2, 0.25) is 0 Å². The van der Waals surface area contributed by atoms with Gasteiger partial charge in [0.25, 0.3) is 5.91 Å². The van der Waals surface area contributed by atoms with Crippen LogP contribution in [0.1, 0.15) is 31.8 Å². The number of methoxy groups -OCH3 is 1. The molecule has 30 heavy (non-hydrogen) atoms. The summed E-state index contributed by atoms with van der Waals surface area (Å²) in [6.45, 7) is 1.84. The van der Waals surface area contributed by atoms with Gasteiger partial charge in [0.05, 0.1) is 18.9 Å². The monoisotopic (exact) mass is 466 g/mol. The quantitative estimate of drug-likeness (QED) is 0.246. The minimum Gasteiger partial charge on any atom is -0.497 e. The number of halogens is 1. The number of esters is 1. The number of carbonyl (C=O) groups excluding carboxylic acids is 2. The summed E-state index contributed by atoms with van der Waals surface area (Å²) < 4.78 is 11.5. The predicted octanol–water partition coefficient (Wildman–Crippen LogP) is 4.75. The van der Waals surface area contributed by atoms with Gasteiger partial charge in [0.2, 0.25) is 0 Å². The summed E-state index contributed by atoms with van der Waals surface area (Å²) in [5.74, 6) is 0.0407. The Kier molecular flexibility index (Phi) is 6.98. The summed E-state index contributed by atoms with van der Waals surface area (Å²) in [6, 6.07) is 19.1. The standard InChI is InChI=1S/C23H19BrN2O4/c1-15-6-3-4-9-20(15)23(28)30-21-11-10-18(24)12-17(21)14-25-26-22(27)16-7-5-8-19(13-16)29-2/h3-14H,1-2H3,(H,26,27)/b25-14-. The molecule has 0 saturated carbocycles. The van der Waals surface area contributed by atoms with E-state index in [1.165, 1.54) is 13.3 Å². The Bertz CT molecular complexity index is 1110. The maximum atomic E-state index is 12.5. The zero-order chi connectivity index (χ0) is 21.5. The van der Waals surface area contributed by atoms with Crippen LogP contribution in [0.4, 0.5) is 0 Å². The summed E-state index contributed by atoms with van der Waals surface area (Å²) in [5.41, 5.74) is 4.69. The highest BCUT2D eigenvalue weighted by Crippen LogP contribution is 2.23. The molecule has 0 unspecified atom stereocenters. The highest BCUT2D eigenvalue weighted by molar-refractivity contribution is 9.10. The van der Waals surface area contributed by atoms with E-state index in [-0.39, 0.29) is 0 Å². The lowest BCUT2D eigenvalue weighted by atomic mass is 10.1. The Balaban J connectivity index is 1.75. The van der Waals surface area contributed by atoms with Crippen molar-refractivity contribution in [2.75, 3.05) is 7.11 Å². The van der Waals surface area contributed by atoms with E-state index in [9.17, 15) is 9.59 Å². The van der Waals surface area contributed by atoms with E-state index in [1.54, 1.807) is 54.6 Å². The molecular formula is C23H19BrN2O4. The van der Waals surface area contributed by atoms with Crippen molar-refractivity contribution in [2.24, 2.45) is 5.10 Å². The molecule has 3 aromatic carbocycles. The molecular weight excluding hydrogens is 448 g/mol. The van der Waals surface area contributed by atoms with E-state index >= 15 is 0 Å². The summed E-state index contributed by atoms with van der Waals surface area (Å²) in [7, 11) is 1.53. The average Bonchev–Trinajstić information content (AvgIpc) is 2.75. The fourth-order valence-electron chi connectivity index (χ4n) is 2.66. The third-order valence-electron chi connectivity index (χ3n) is 4.24. The molecule has 0 bridgehead atoms. The highest BCUT2D eigenvalue weighted by atomic mass is 79.9. The normalized spacial score (nSPS) is 10.6. The minimum absolute atomic E-state index is 0.325. The fourth-order valence-corrected chi connectivity index (χ4v) is 3.04. The molecule has 6 nitrogen and oxygen atoms in total. The van der Waals surface area contributed by atoms with E-state index in [0.29, 0.717) is 28.2 Å². The van der Waals surface area contributed by atoms with E-state index < -0.39 is 11.9 Å². The van der Waals surface area contributed by atoms with Crippen molar-refractivity contribution in [1.29, 1.82) is 0 Å². The number of hydrogen-bond donors (Lipinski definition) is 1. The lowest BCUT2D eigenvalue weighted by Gasteiger charge is -2.09. The molecule has 0 aromatic heterocycles. The molecule has 3 rings (SSSR count). The Hall–Kier alpha value is -3.45. The van der Waals surface area contributed by atoms with Crippen LogP contribution in [-0.2, 0) is 0 Å². The van der Waals surface area contributed by atoms with Gasteiger partial charge in [-0.25, -0.2) is 10.2 Å². The molecule has 1 amide bonds. The van der Waals surface area contributed by atoms with Crippen molar-refractivity contribution in [3.63, 3.8) is 0 Å². The lowest BCUT2D eigenvalue weighted by molar-refractivity contribution is 0.0733. The number of nitrogens with one attached hydrogen (secondary N) is 1. The number of benzene rings is 3. The van der Waals surface area contributed by atoms with Crippen LogP contribution in [0.25, 0.3) is 0 Å². The minimum atomic E-state index is -0.467. The van der Waals surface area contributed by atoms with Gasteiger partial charge in [-0.3, -0.25) is 4.79 Å². The van der Waals surface area contributed by atoms with Crippen molar-refractivity contribution < 1.29 is 19.1 Å². The molecule has 0 aliphatic rings. The SMILES string of the molecule is COc1cccc(C(=O)N/N=C\c2cc(Br)ccc2OC(=O)c2ccccc2C)c1. The van der Waals surface area contributed by atoms with Gasteiger partial charge in [0, 0.05) is 15.6 Å². The van der Waals surface area contributed by atoms with Gasteiger partial charge < -0.3 is 9.47 Å². The first-order valence-electron chi connectivity index (χ1n) is 9.03. The molecule has 3 aromatic rings. The van der Waals surface area contributed by atoms with Crippen LogP contribution in [0, 0.1) is 6.92 Å². The second-order valence-electron chi connectivity index (χ2n) is 6.32. The molecule has 0 fully saturated rings. The first-order chi connectivity index (χ1) is 14.5. The second-order valence-corrected chi connectivity index (χ2v) is 7.23. The summed E-state index contributed by atoms with van der Waals surface area (Å²) in [4.78, 5) is 24.8. The Morgan fingerprint density at radius 2 is 1.83 bits per heavy atom. The van der Waals surface area contributed by atoms with Gasteiger partial charge in [0.15, 0.2) is 0 Å². The van der Waals surface area contributed by atoms with Gasteiger partial charge in [-0.1, -0.05) is 40.2 Å². The number of nitrogens with zero attached hydrogens (tertiary/aromatic N) is 1. The van der Waals surface area contributed by atoms with Crippen molar-refractivity contribution in [3.8, 4) is 11.5 Å². The van der Waals surface area contributed by atoms with Crippen LogP contribution in [0.3, 0.4) is 0 Å². The van der Waals surface area contributed by atoms with E-state index in [2.05, 4.69) is 26.5 Å². The highest BCUT2D eigenvalue weighted by Gasteiger charge is 2.13. The smallest absolute Gasteiger partial charge is 0.343 e. The van der Waals surface area contributed by atoms with Crippen LogP contribution < -0.4 is 14.9 Å². The predicted molar refractivity (Wildman–Crippen MR) is 118 cm³/mol. The first-order valence-corrected chi connectivity index (χ1v) is 9.82. The number of amides is 1. The molecule has 0 radical (unpaired) electrons. The van der Waals surface area contributed by atoms with Gasteiger partial charge in [0.1, 0.15) is 11.5 Å². The van der Waals surface area contributed by atoms with Crippen LogP contribution in [0.15, 0.2) is 76.3 Å². The Morgan fingerprint density at radius 1 is 1.03 bits per heavy atom. The number of hydrogen-bond acceptors (Lipinski definition) is 5. The first kappa shape index (κ1) is 21.3. The van der Waals surface area contributed by atoms with Crippen molar-refractivity contribution in [2.45, 2.75) is 6.92 Å². The van der Waals surface area contributed by atoms with E-state index in [4.69, 9.17) is 9.47 Å². The molecule has 152 valence electrons. The van der Waals surface area contributed by atoms with Crippen LogP contribution >= 0.6 is 15.9 Å². The van der Waals surface area contributed by atoms with Crippen LogP contribution in [-0.4, -0.2) is 25.2 Å². The number of hydrazone groups is 1. The number of rotatable bonds is 6. The van der Waals surface area contributed by atoms with E-state index in [0.717, 1.165) is 10.0 Å². The average molecular weight is 467 g/mol. The Morgan fingerprint density at radius 3 is 2.60 bits per heavy atom.